The molecule has 1 aromatic rings. The first-order valence-electron chi connectivity index (χ1n) is 6.69. The first-order valence-corrected chi connectivity index (χ1v) is 7.22. The van der Waals surface area contributed by atoms with Crippen LogP contribution >= 0.6 is 11.6 Å². The predicted molar refractivity (Wildman–Crippen MR) is 71.7 cm³/mol. The van der Waals surface area contributed by atoms with Crippen molar-refractivity contribution in [1.29, 1.82) is 0 Å². The summed E-state index contributed by atoms with van der Waals surface area (Å²) >= 11 is 5.81. The molecule has 1 saturated carbocycles. The molecule has 0 N–H and O–H groups in total. The van der Waals surface area contributed by atoms with Gasteiger partial charge in [-0.05, 0) is 25.0 Å². The second-order valence-electron chi connectivity index (χ2n) is 4.79. The molecule has 0 atom stereocenters. The zero-order valence-electron chi connectivity index (χ0n) is 10.6. The van der Waals surface area contributed by atoms with Gasteiger partial charge in [-0.2, -0.15) is 0 Å². The molecule has 1 fully saturated rings. The molecule has 0 unspecified atom stereocenters. The van der Waals surface area contributed by atoms with Gasteiger partial charge in [0.1, 0.15) is 5.76 Å². The molecule has 1 aromatic heterocycles. The van der Waals surface area contributed by atoms with Crippen molar-refractivity contribution in [3.63, 3.8) is 0 Å². The summed E-state index contributed by atoms with van der Waals surface area (Å²) in [6.45, 7) is 0.670. The average molecular weight is 270 g/mol. The van der Waals surface area contributed by atoms with Gasteiger partial charge in [-0.15, -0.1) is 11.6 Å². The highest BCUT2D eigenvalue weighted by atomic mass is 35.5. The third-order valence-electron chi connectivity index (χ3n) is 3.58. The quantitative estimate of drug-likeness (QED) is 0.743. The Morgan fingerprint density at radius 3 is 2.83 bits per heavy atom. The van der Waals surface area contributed by atoms with Crippen molar-refractivity contribution in [3.8, 4) is 0 Å². The number of alkyl halides is 1. The van der Waals surface area contributed by atoms with E-state index in [-0.39, 0.29) is 5.91 Å². The van der Waals surface area contributed by atoms with Gasteiger partial charge < -0.3 is 9.32 Å². The first-order chi connectivity index (χ1) is 8.81. The van der Waals surface area contributed by atoms with Gasteiger partial charge in [0.05, 0.1) is 6.26 Å². The van der Waals surface area contributed by atoms with Gasteiger partial charge >= 0.3 is 0 Å². The number of halogens is 1. The van der Waals surface area contributed by atoms with Crippen LogP contribution in [0.25, 0.3) is 0 Å². The molecule has 1 aliphatic carbocycles. The number of furan rings is 1. The van der Waals surface area contributed by atoms with Crippen molar-refractivity contribution in [2.24, 2.45) is 0 Å². The fraction of sp³-hybridized carbons (Fsp3) is 0.643. The van der Waals surface area contributed by atoms with Crippen LogP contribution in [-0.4, -0.2) is 29.3 Å². The van der Waals surface area contributed by atoms with Crippen LogP contribution in [0.1, 0.15) is 37.9 Å². The lowest BCUT2D eigenvalue weighted by Gasteiger charge is -2.28. The fourth-order valence-electron chi connectivity index (χ4n) is 2.65. The van der Waals surface area contributed by atoms with E-state index in [4.69, 9.17) is 16.0 Å². The molecule has 1 aliphatic rings. The van der Waals surface area contributed by atoms with Gasteiger partial charge in [0.15, 0.2) is 0 Å². The highest BCUT2D eigenvalue weighted by Gasteiger charge is 2.25. The Morgan fingerprint density at radius 2 is 2.22 bits per heavy atom. The molecule has 0 aliphatic heterocycles. The molecular weight excluding hydrogens is 250 g/mol. The first kappa shape index (κ1) is 13.5. The van der Waals surface area contributed by atoms with Crippen LogP contribution in [0.3, 0.4) is 0 Å². The van der Waals surface area contributed by atoms with Crippen LogP contribution in [0, 0.1) is 0 Å². The molecule has 2 rings (SSSR count). The SMILES string of the molecule is O=C(CCc1ccco1)N(CCCl)C1CCCC1. The second-order valence-corrected chi connectivity index (χ2v) is 5.17. The summed E-state index contributed by atoms with van der Waals surface area (Å²) in [6.07, 6.45) is 7.56. The highest BCUT2D eigenvalue weighted by molar-refractivity contribution is 6.18. The molecule has 0 spiro atoms. The van der Waals surface area contributed by atoms with Crippen LogP contribution in [0.2, 0.25) is 0 Å². The fourth-order valence-corrected chi connectivity index (χ4v) is 2.83. The van der Waals surface area contributed by atoms with Gasteiger partial charge in [-0.3, -0.25) is 4.79 Å². The van der Waals surface area contributed by atoms with Crippen LogP contribution < -0.4 is 0 Å². The standard InChI is InChI=1S/C14H20ClNO2/c15-9-10-16(12-4-1-2-5-12)14(17)8-7-13-6-3-11-18-13/h3,6,11-12H,1-2,4-5,7-10H2. The van der Waals surface area contributed by atoms with Crippen LogP contribution in [0.15, 0.2) is 22.8 Å². The molecule has 0 aromatic carbocycles. The van der Waals surface area contributed by atoms with E-state index in [0.717, 1.165) is 18.6 Å². The number of hydrogen-bond donors (Lipinski definition) is 0. The minimum Gasteiger partial charge on any atom is -0.469 e. The largest absolute Gasteiger partial charge is 0.469 e. The lowest BCUT2D eigenvalue weighted by molar-refractivity contribution is -0.133. The van der Waals surface area contributed by atoms with Crippen LogP contribution in [-0.2, 0) is 11.2 Å². The highest BCUT2D eigenvalue weighted by Crippen LogP contribution is 2.24. The Morgan fingerprint density at radius 1 is 1.44 bits per heavy atom. The number of nitrogens with zero attached hydrogens (tertiary/aromatic N) is 1. The monoisotopic (exact) mass is 269 g/mol. The molecular formula is C14H20ClNO2. The molecule has 100 valence electrons. The number of rotatable bonds is 6. The van der Waals surface area contributed by atoms with Crippen molar-refractivity contribution < 1.29 is 9.21 Å². The number of aryl methyl sites for hydroxylation is 1. The predicted octanol–water partition coefficient (Wildman–Crippen LogP) is 3.22. The molecule has 4 heteroatoms. The minimum atomic E-state index is 0.207. The Labute approximate surface area is 113 Å². The Kier molecular flexibility index (Phi) is 5.12. The third kappa shape index (κ3) is 3.52. The normalized spacial score (nSPS) is 16.1. The van der Waals surface area contributed by atoms with Gasteiger partial charge in [0.25, 0.3) is 0 Å². The van der Waals surface area contributed by atoms with Crippen LogP contribution in [0.4, 0.5) is 0 Å². The van der Waals surface area contributed by atoms with E-state index < -0.39 is 0 Å². The van der Waals surface area contributed by atoms with Crippen molar-refractivity contribution >= 4 is 17.5 Å². The molecule has 3 nitrogen and oxygen atoms in total. The Balaban J connectivity index is 1.86. The maximum absolute atomic E-state index is 12.2. The summed E-state index contributed by atoms with van der Waals surface area (Å²) in [5.41, 5.74) is 0. The summed E-state index contributed by atoms with van der Waals surface area (Å²) in [5.74, 6) is 1.60. The zero-order chi connectivity index (χ0) is 12.8. The van der Waals surface area contributed by atoms with E-state index in [1.165, 1.54) is 12.8 Å². The summed E-state index contributed by atoms with van der Waals surface area (Å²) in [7, 11) is 0. The topological polar surface area (TPSA) is 33.5 Å². The van der Waals surface area contributed by atoms with Crippen molar-refractivity contribution in [2.45, 2.75) is 44.6 Å². The van der Waals surface area contributed by atoms with Crippen LogP contribution in [0.5, 0.6) is 0 Å². The summed E-state index contributed by atoms with van der Waals surface area (Å²) < 4.78 is 5.25. The van der Waals surface area contributed by atoms with E-state index in [9.17, 15) is 4.79 Å². The van der Waals surface area contributed by atoms with Crippen molar-refractivity contribution in [2.75, 3.05) is 12.4 Å². The van der Waals surface area contributed by atoms with E-state index in [2.05, 4.69) is 0 Å². The maximum atomic E-state index is 12.2. The number of carbonyl (C=O) groups is 1. The number of amides is 1. The smallest absolute Gasteiger partial charge is 0.223 e. The lowest BCUT2D eigenvalue weighted by Crippen LogP contribution is -2.40. The number of hydrogen-bond acceptors (Lipinski definition) is 2. The van der Waals surface area contributed by atoms with E-state index in [1.807, 2.05) is 17.0 Å². The molecule has 18 heavy (non-hydrogen) atoms. The lowest BCUT2D eigenvalue weighted by atomic mass is 10.1. The molecule has 0 radical (unpaired) electrons. The third-order valence-corrected chi connectivity index (χ3v) is 3.75. The molecule has 1 heterocycles. The second kappa shape index (κ2) is 6.83. The van der Waals surface area contributed by atoms with Gasteiger partial charge in [-0.1, -0.05) is 12.8 Å². The summed E-state index contributed by atoms with van der Waals surface area (Å²) in [4.78, 5) is 14.2. The average Bonchev–Trinajstić information content (AvgIpc) is 3.05. The number of carbonyl (C=O) groups excluding carboxylic acids is 1. The van der Waals surface area contributed by atoms with Gasteiger partial charge in [0, 0.05) is 31.3 Å². The van der Waals surface area contributed by atoms with Gasteiger partial charge in [0.2, 0.25) is 5.91 Å². The summed E-state index contributed by atoms with van der Waals surface area (Å²) in [5, 5.41) is 0. The van der Waals surface area contributed by atoms with E-state index >= 15 is 0 Å². The Hall–Kier alpha value is -0.960. The zero-order valence-corrected chi connectivity index (χ0v) is 11.4. The van der Waals surface area contributed by atoms with E-state index in [1.54, 1.807) is 6.26 Å². The van der Waals surface area contributed by atoms with E-state index in [0.29, 0.717) is 31.3 Å². The molecule has 1 amide bonds. The Bertz CT molecular complexity index is 358. The van der Waals surface area contributed by atoms with Gasteiger partial charge in [-0.25, -0.2) is 0 Å². The minimum absolute atomic E-state index is 0.207. The van der Waals surface area contributed by atoms with Crippen molar-refractivity contribution in [3.05, 3.63) is 24.2 Å². The summed E-state index contributed by atoms with van der Waals surface area (Å²) in [6, 6.07) is 4.18. The van der Waals surface area contributed by atoms with Crippen molar-refractivity contribution in [1.82, 2.24) is 4.90 Å². The molecule has 0 saturated heterocycles. The molecule has 0 bridgehead atoms. The maximum Gasteiger partial charge on any atom is 0.223 e.